The number of amides is 1. The predicted octanol–water partition coefficient (Wildman–Crippen LogP) is 2.07. The summed E-state index contributed by atoms with van der Waals surface area (Å²) < 4.78 is 38.2. The van der Waals surface area contributed by atoms with Crippen molar-refractivity contribution >= 4 is 11.6 Å². The summed E-state index contributed by atoms with van der Waals surface area (Å²) in [5.74, 6) is -0.543. The number of nitrogens with zero attached hydrogens (tertiary/aromatic N) is 1. The van der Waals surface area contributed by atoms with E-state index in [0.29, 0.717) is 11.3 Å². The van der Waals surface area contributed by atoms with Crippen molar-refractivity contribution in [1.82, 2.24) is 10.9 Å². The van der Waals surface area contributed by atoms with E-state index in [1.165, 1.54) is 24.3 Å². The summed E-state index contributed by atoms with van der Waals surface area (Å²) in [4.78, 5) is 12.3. The Kier molecular flexibility index (Phi) is 4.39. The van der Waals surface area contributed by atoms with Gasteiger partial charge < -0.3 is 5.32 Å². The molecule has 0 radical (unpaired) electrons. The summed E-state index contributed by atoms with van der Waals surface area (Å²) in [5, 5.41) is 11.3. The lowest BCUT2D eigenvalue weighted by molar-refractivity contribution is -0.153. The summed E-state index contributed by atoms with van der Waals surface area (Å²) in [6.07, 6.45) is -4.59. The van der Waals surface area contributed by atoms with Crippen LogP contribution < -0.4 is 16.2 Å². The number of nitriles is 1. The highest BCUT2D eigenvalue weighted by atomic mass is 19.4. The highest BCUT2D eigenvalue weighted by Crippen LogP contribution is 2.32. The number of rotatable bonds is 3. The molecule has 8 heteroatoms. The van der Waals surface area contributed by atoms with Crippen LogP contribution in [0, 0.1) is 11.3 Å². The van der Waals surface area contributed by atoms with Gasteiger partial charge in [0, 0.05) is 12.1 Å². The molecule has 0 saturated carbocycles. The van der Waals surface area contributed by atoms with Gasteiger partial charge in [0.1, 0.15) is 11.6 Å². The van der Waals surface area contributed by atoms with Crippen molar-refractivity contribution in [3.05, 3.63) is 29.8 Å². The van der Waals surface area contributed by atoms with E-state index in [4.69, 9.17) is 5.26 Å². The molecule has 0 bridgehead atoms. The minimum atomic E-state index is -4.42. The zero-order valence-electron chi connectivity index (χ0n) is 11.8. The smallest absolute Gasteiger partial charge is 0.324 e. The first-order valence-electron chi connectivity index (χ1n) is 6.72. The van der Waals surface area contributed by atoms with Crippen molar-refractivity contribution < 1.29 is 18.0 Å². The molecule has 1 amide bonds. The maximum absolute atomic E-state index is 12.7. The Hall–Kier alpha value is -2.11. The summed E-state index contributed by atoms with van der Waals surface area (Å²) in [6, 6.07) is 6.28. The minimum absolute atomic E-state index is 0.203. The number of carbonyl (C=O) groups excluding carboxylic acids is 1. The molecule has 2 rings (SSSR count). The van der Waals surface area contributed by atoms with Gasteiger partial charge in [0.2, 0.25) is 5.91 Å². The van der Waals surface area contributed by atoms with Crippen molar-refractivity contribution in [1.29, 1.82) is 5.26 Å². The molecule has 1 aliphatic rings. The fourth-order valence-electron chi connectivity index (χ4n) is 2.29. The van der Waals surface area contributed by atoms with Gasteiger partial charge in [-0.15, -0.1) is 0 Å². The van der Waals surface area contributed by atoms with E-state index >= 15 is 0 Å². The molecular weight excluding hydrogens is 297 g/mol. The second-order valence-corrected chi connectivity index (χ2v) is 5.15. The van der Waals surface area contributed by atoms with E-state index in [0.717, 1.165) is 0 Å². The molecule has 2 atom stereocenters. The molecule has 0 spiro atoms. The van der Waals surface area contributed by atoms with Gasteiger partial charge in [-0.2, -0.15) is 18.4 Å². The topological polar surface area (TPSA) is 77.0 Å². The SMILES string of the molecule is CCC1(C(=O)Nc2ccc(C#N)cc2)CC(C(F)(F)F)NN1. The van der Waals surface area contributed by atoms with Gasteiger partial charge in [-0.25, -0.2) is 10.9 Å². The number of alkyl halides is 3. The lowest BCUT2D eigenvalue weighted by Crippen LogP contribution is -2.52. The molecule has 5 nitrogen and oxygen atoms in total. The third-order valence-corrected chi connectivity index (χ3v) is 3.74. The van der Waals surface area contributed by atoms with Gasteiger partial charge in [-0.05, 0) is 30.7 Å². The molecule has 1 saturated heterocycles. The van der Waals surface area contributed by atoms with Crippen molar-refractivity contribution in [3.63, 3.8) is 0 Å². The number of anilines is 1. The second kappa shape index (κ2) is 5.94. The fourth-order valence-corrected chi connectivity index (χ4v) is 2.29. The van der Waals surface area contributed by atoms with Gasteiger partial charge >= 0.3 is 6.18 Å². The number of carbonyl (C=O) groups is 1. The Morgan fingerprint density at radius 3 is 2.55 bits per heavy atom. The van der Waals surface area contributed by atoms with Gasteiger partial charge in [0.25, 0.3) is 0 Å². The summed E-state index contributed by atoms with van der Waals surface area (Å²) in [6.45, 7) is 1.64. The van der Waals surface area contributed by atoms with E-state index in [2.05, 4.69) is 16.2 Å². The third kappa shape index (κ3) is 3.21. The maximum atomic E-state index is 12.7. The Morgan fingerprint density at radius 1 is 1.45 bits per heavy atom. The lowest BCUT2D eigenvalue weighted by Gasteiger charge is -2.26. The van der Waals surface area contributed by atoms with Crippen LogP contribution >= 0.6 is 0 Å². The quantitative estimate of drug-likeness (QED) is 0.798. The van der Waals surface area contributed by atoms with Gasteiger partial charge in [-0.1, -0.05) is 6.92 Å². The monoisotopic (exact) mass is 312 g/mol. The van der Waals surface area contributed by atoms with Crippen LogP contribution in [0.25, 0.3) is 0 Å². The molecule has 3 N–H and O–H groups in total. The van der Waals surface area contributed by atoms with Gasteiger partial charge in [-0.3, -0.25) is 4.79 Å². The van der Waals surface area contributed by atoms with Crippen molar-refractivity contribution in [2.75, 3.05) is 5.32 Å². The van der Waals surface area contributed by atoms with E-state index < -0.39 is 23.7 Å². The van der Waals surface area contributed by atoms with Crippen molar-refractivity contribution in [2.45, 2.75) is 37.5 Å². The van der Waals surface area contributed by atoms with E-state index in [-0.39, 0.29) is 12.8 Å². The van der Waals surface area contributed by atoms with E-state index in [1.54, 1.807) is 6.92 Å². The first-order valence-corrected chi connectivity index (χ1v) is 6.72. The molecule has 2 unspecified atom stereocenters. The largest absolute Gasteiger partial charge is 0.405 e. The minimum Gasteiger partial charge on any atom is -0.324 e. The number of nitrogens with one attached hydrogen (secondary N) is 3. The number of benzene rings is 1. The van der Waals surface area contributed by atoms with Gasteiger partial charge in [0.05, 0.1) is 11.6 Å². The van der Waals surface area contributed by atoms with Crippen LogP contribution in [-0.4, -0.2) is 23.7 Å². The second-order valence-electron chi connectivity index (χ2n) is 5.15. The fraction of sp³-hybridized carbons (Fsp3) is 0.429. The van der Waals surface area contributed by atoms with Crippen LogP contribution in [0.1, 0.15) is 25.3 Å². The van der Waals surface area contributed by atoms with Crippen LogP contribution in [0.4, 0.5) is 18.9 Å². The van der Waals surface area contributed by atoms with Crippen molar-refractivity contribution in [3.8, 4) is 6.07 Å². The number of hydrazine groups is 1. The maximum Gasteiger partial charge on any atom is 0.405 e. The normalized spacial score (nSPS) is 24.8. The molecule has 22 heavy (non-hydrogen) atoms. The van der Waals surface area contributed by atoms with Crippen LogP contribution in [0.2, 0.25) is 0 Å². The number of hydrogen-bond acceptors (Lipinski definition) is 4. The van der Waals surface area contributed by atoms with Crippen LogP contribution in [0.3, 0.4) is 0 Å². The zero-order valence-corrected chi connectivity index (χ0v) is 11.8. The molecule has 1 aromatic carbocycles. The molecule has 0 aromatic heterocycles. The van der Waals surface area contributed by atoms with E-state index in [1.807, 2.05) is 6.07 Å². The summed E-state index contributed by atoms with van der Waals surface area (Å²) in [5.41, 5.74) is 4.16. The molecule has 1 aromatic rings. The van der Waals surface area contributed by atoms with Gasteiger partial charge in [0.15, 0.2) is 0 Å². The van der Waals surface area contributed by atoms with E-state index in [9.17, 15) is 18.0 Å². The average Bonchev–Trinajstić information content (AvgIpc) is 2.94. The average molecular weight is 312 g/mol. The molecule has 1 heterocycles. The molecule has 0 aliphatic carbocycles. The Balaban J connectivity index is 2.11. The Morgan fingerprint density at radius 2 is 2.09 bits per heavy atom. The summed E-state index contributed by atoms with van der Waals surface area (Å²) in [7, 11) is 0. The van der Waals surface area contributed by atoms with Crippen LogP contribution in [0.5, 0.6) is 0 Å². The highest BCUT2D eigenvalue weighted by Gasteiger charge is 2.53. The number of hydrogen-bond donors (Lipinski definition) is 3. The Labute approximate surface area is 125 Å². The van der Waals surface area contributed by atoms with Crippen LogP contribution in [-0.2, 0) is 4.79 Å². The van der Waals surface area contributed by atoms with Crippen LogP contribution in [0.15, 0.2) is 24.3 Å². The first kappa shape index (κ1) is 16.3. The molecule has 1 aliphatic heterocycles. The predicted molar refractivity (Wildman–Crippen MR) is 73.5 cm³/mol. The number of halogens is 3. The Bertz CT molecular complexity index is 594. The summed E-state index contributed by atoms with van der Waals surface area (Å²) >= 11 is 0. The first-order chi connectivity index (χ1) is 10.3. The third-order valence-electron chi connectivity index (χ3n) is 3.74. The standard InChI is InChI=1S/C14H15F3N4O/c1-2-13(7-11(20-21-13)14(15,16)17)12(22)19-10-5-3-9(8-18)4-6-10/h3-6,11,20-21H,2,7H2,1H3,(H,19,22). The molecular formula is C14H15F3N4O. The zero-order chi connectivity index (χ0) is 16.4. The molecule has 1 fully saturated rings. The lowest BCUT2D eigenvalue weighted by atomic mass is 9.89. The van der Waals surface area contributed by atoms with Crippen molar-refractivity contribution in [2.24, 2.45) is 0 Å². The highest BCUT2D eigenvalue weighted by molar-refractivity contribution is 5.98. The molecule has 118 valence electrons.